The molecule has 1 aromatic heterocycles. The van der Waals surface area contributed by atoms with E-state index in [4.69, 9.17) is 5.73 Å². The van der Waals surface area contributed by atoms with E-state index in [1.165, 1.54) is 11.3 Å². The Morgan fingerprint density at radius 2 is 1.95 bits per heavy atom. The Kier molecular flexibility index (Phi) is 3.05. The molecule has 19 heavy (non-hydrogen) atoms. The van der Waals surface area contributed by atoms with Gasteiger partial charge in [0, 0.05) is 5.57 Å². The van der Waals surface area contributed by atoms with Crippen LogP contribution < -0.4 is 5.73 Å². The monoisotopic (exact) mass is 271 g/mol. The standard InChI is InChI=1S/C14H13N3OS/c15-14-17-16-13(19-14)11-7-6-10(12(11)18)8-9-4-2-1-3-5-9/h1-5,8,18H,6-7H2,(H2,15,17)/b10-8-. The minimum Gasteiger partial charge on any atom is -0.507 e. The maximum atomic E-state index is 10.3. The molecule has 0 unspecified atom stereocenters. The van der Waals surface area contributed by atoms with Crippen molar-refractivity contribution in [1.82, 2.24) is 10.2 Å². The molecule has 96 valence electrons. The molecular weight excluding hydrogens is 258 g/mol. The third kappa shape index (κ3) is 2.37. The third-order valence-corrected chi connectivity index (χ3v) is 3.89. The van der Waals surface area contributed by atoms with Gasteiger partial charge >= 0.3 is 0 Å². The van der Waals surface area contributed by atoms with Gasteiger partial charge in [-0.05, 0) is 30.1 Å². The van der Waals surface area contributed by atoms with Crippen LogP contribution in [0.3, 0.4) is 0 Å². The van der Waals surface area contributed by atoms with Crippen LogP contribution in [0.5, 0.6) is 0 Å². The largest absolute Gasteiger partial charge is 0.507 e. The number of allylic oxidation sites excluding steroid dienone is 2. The van der Waals surface area contributed by atoms with Gasteiger partial charge in [-0.1, -0.05) is 41.7 Å². The summed E-state index contributed by atoms with van der Waals surface area (Å²) in [5, 5.41) is 19.2. The molecule has 1 heterocycles. The highest BCUT2D eigenvalue weighted by atomic mass is 32.1. The SMILES string of the molecule is Nc1nnc(C2=C(O)/C(=C\c3ccccc3)CC2)s1. The first-order chi connectivity index (χ1) is 9.24. The molecule has 1 aromatic carbocycles. The van der Waals surface area contributed by atoms with E-state index in [0.717, 1.165) is 29.6 Å². The number of benzene rings is 1. The predicted octanol–water partition coefficient (Wildman–Crippen LogP) is 3.27. The number of rotatable bonds is 2. The molecule has 0 radical (unpaired) electrons. The van der Waals surface area contributed by atoms with Gasteiger partial charge in [0.15, 0.2) is 0 Å². The number of anilines is 1. The van der Waals surface area contributed by atoms with E-state index >= 15 is 0 Å². The number of aromatic nitrogens is 2. The summed E-state index contributed by atoms with van der Waals surface area (Å²) in [6.07, 6.45) is 3.60. The zero-order valence-electron chi connectivity index (χ0n) is 10.2. The first kappa shape index (κ1) is 11.9. The number of hydrogen-bond donors (Lipinski definition) is 2. The second kappa shape index (κ2) is 4.85. The smallest absolute Gasteiger partial charge is 0.203 e. The van der Waals surface area contributed by atoms with Gasteiger partial charge in [-0.3, -0.25) is 0 Å². The molecule has 0 aliphatic heterocycles. The quantitative estimate of drug-likeness (QED) is 0.879. The van der Waals surface area contributed by atoms with E-state index < -0.39 is 0 Å². The summed E-state index contributed by atoms with van der Waals surface area (Å²) in [6, 6.07) is 9.97. The van der Waals surface area contributed by atoms with Crippen LogP contribution in [0, 0.1) is 0 Å². The molecule has 1 aliphatic carbocycles. The highest BCUT2D eigenvalue weighted by molar-refractivity contribution is 7.16. The van der Waals surface area contributed by atoms with Crippen molar-refractivity contribution in [3.8, 4) is 0 Å². The molecule has 0 amide bonds. The average Bonchev–Trinajstić information content (AvgIpc) is 2.99. The van der Waals surface area contributed by atoms with E-state index in [0.29, 0.717) is 15.9 Å². The minimum atomic E-state index is 0.319. The van der Waals surface area contributed by atoms with Gasteiger partial charge in [0.25, 0.3) is 0 Å². The van der Waals surface area contributed by atoms with Crippen molar-refractivity contribution in [2.24, 2.45) is 0 Å². The normalized spacial score (nSPS) is 17.4. The lowest BCUT2D eigenvalue weighted by atomic mass is 10.1. The van der Waals surface area contributed by atoms with E-state index in [-0.39, 0.29) is 0 Å². The highest BCUT2D eigenvalue weighted by Crippen LogP contribution is 2.38. The molecule has 2 aromatic rings. The Balaban J connectivity index is 1.95. The fraction of sp³-hybridized carbons (Fsp3) is 0.143. The van der Waals surface area contributed by atoms with Crippen molar-refractivity contribution in [2.45, 2.75) is 12.8 Å². The van der Waals surface area contributed by atoms with Crippen molar-refractivity contribution in [3.63, 3.8) is 0 Å². The second-order valence-electron chi connectivity index (χ2n) is 4.35. The van der Waals surface area contributed by atoms with Crippen LogP contribution >= 0.6 is 11.3 Å². The lowest BCUT2D eigenvalue weighted by Crippen LogP contribution is -1.85. The molecule has 0 saturated heterocycles. The van der Waals surface area contributed by atoms with Crippen molar-refractivity contribution < 1.29 is 5.11 Å². The Bertz CT molecular complexity index is 658. The summed E-state index contributed by atoms with van der Waals surface area (Å²) in [5.41, 5.74) is 8.44. The molecule has 3 rings (SSSR count). The topological polar surface area (TPSA) is 72.0 Å². The number of nitrogens with two attached hydrogens (primary N) is 1. The Morgan fingerprint density at radius 1 is 1.16 bits per heavy atom. The summed E-state index contributed by atoms with van der Waals surface area (Å²) in [5.74, 6) is 0.319. The Morgan fingerprint density at radius 3 is 2.63 bits per heavy atom. The molecule has 0 atom stereocenters. The molecule has 1 aliphatic rings. The van der Waals surface area contributed by atoms with Crippen LogP contribution in [-0.2, 0) is 0 Å². The van der Waals surface area contributed by atoms with E-state index in [2.05, 4.69) is 10.2 Å². The van der Waals surface area contributed by atoms with Crippen LogP contribution in [0.4, 0.5) is 5.13 Å². The number of aliphatic hydroxyl groups excluding tert-OH is 1. The first-order valence-corrected chi connectivity index (χ1v) is 6.83. The lowest BCUT2D eigenvalue weighted by Gasteiger charge is -1.99. The molecule has 0 fully saturated rings. The zero-order valence-corrected chi connectivity index (χ0v) is 11.0. The molecule has 4 nitrogen and oxygen atoms in total. The van der Waals surface area contributed by atoms with Gasteiger partial charge in [0.2, 0.25) is 5.13 Å². The first-order valence-electron chi connectivity index (χ1n) is 6.01. The van der Waals surface area contributed by atoms with Gasteiger partial charge in [0.05, 0.1) is 0 Å². The zero-order chi connectivity index (χ0) is 13.2. The van der Waals surface area contributed by atoms with Crippen molar-refractivity contribution in [3.05, 3.63) is 52.2 Å². The van der Waals surface area contributed by atoms with E-state index in [1.54, 1.807) is 0 Å². The molecule has 5 heteroatoms. The van der Waals surface area contributed by atoms with Crippen molar-refractivity contribution in [2.75, 3.05) is 5.73 Å². The van der Waals surface area contributed by atoms with Gasteiger partial charge in [-0.25, -0.2) is 0 Å². The predicted molar refractivity (Wildman–Crippen MR) is 77.5 cm³/mol. The minimum absolute atomic E-state index is 0.319. The maximum absolute atomic E-state index is 10.3. The van der Waals surface area contributed by atoms with Crippen LogP contribution in [0.25, 0.3) is 11.6 Å². The van der Waals surface area contributed by atoms with Crippen LogP contribution in [0.15, 0.2) is 41.7 Å². The summed E-state index contributed by atoms with van der Waals surface area (Å²) < 4.78 is 0. The number of aliphatic hydroxyl groups is 1. The molecule has 0 bridgehead atoms. The van der Waals surface area contributed by atoms with Crippen LogP contribution in [0.1, 0.15) is 23.4 Å². The van der Waals surface area contributed by atoms with Gasteiger partial charge in [-0.2, -0.15) is 0 Å². The number of nitrogens with zero attached hydrogens (tertiary/aromatic N) is 2. The molecule has 0 spiro atoms. The summed E-state index contributed by atoms with van der Waals surface area (Å²) in [6.45, 7) is 0. The van der Waals surface area contributed by atoms with Crippen LogP contribution in [-0.4, -0.2) is 15.3 Å². The third-order valence-electron chi connectivity index (χ3n) is 3.07. The summed E-state index contributed by atoms with van der Waals surface area (Å²) in [7, 11) is 0. The number of nitrogen functional groups attached to an aromatic ring is 1. The van der Waals surface area contributed by atoms with Crippen molar-refractivity contribution >= 4 is 28.1 Å². The Labute approximate surface area is 114 Å². The average molecular weight is 271 g/mol. The van der Waals surface area contributed by atoms with Gasteiger partial charge in [0.1, 0.15) is 10.8 Å². The van der Waals surface area contributed by atoms with Crippen LogP contribution in [0.2, 0.25) is 0 Å². The second-order valence-corrected chi connectivity index (χ2v) is 5.36. The maximum Gasteiger partial charge on any atom is 0.203 e. The Hall–Kier alpha value is -2.14. The van der Waals surface area contributed by atoms with Gasteiger partial charge in [-0.15, -0.1) is 10.2 Å². The number of hydrogen-bond acceptors (Lipinski definition) is 5. The van der Waals surface area contributed by atoms with E-state index in [1.807, 2.05) is 36.4 Å². The lowest BCUT2D eigenvalue weighted by molar-refractivity contribution is 0.429. The highest BCUT2D eigenvalue weighted by Gasteiger charge is 2.23. The molecular formula is C14H13N3OS. The summed E-state index contributed by atoms with van der Waals surface area (Å²) >= 11 is 1.31. The van der Waals surface area contributed by atoms with E-state index in [9.17, 15) is 5.11 Å². The summed E-state index contributed by atoms with van der Waals surface area (Å²) in [4.78, 5) is 0. The molecule has 0 saturated carbocycles. The van der Waals surface area contributed by atoms with Crippen molar-refractivity contribution in [1.29, 1.82) is 0 Å². The molecule has 3 N–H and O–H groups in total. The fourth-order valence-corrected chi connectivity index (χ4v) is 2.83. The van der Waals surface area contributed by atoms with Gasteiger partial charge < -0.3 is 10.8 Å². The fourth-order valence-electron chi connectivity index (χ4n) is 2.15.